The van der Waals surface area contributed by atoms with Gasteiger partial charge < -0.3 is 14.5 Å². The number of nitrogens with zero attached hydrogens (tertiary/aromatic N) is 3. The molecule has 7 heteroatoms. The largest absolute Gasteiger partial charge is 0.447 e. The Balaban J connectivity index is 1.60. The van der Waals surface area contributed by atoms with Crippen LogP contribution in [0.1, 0.15) is 37.1 Å². The number of fused-ring (bicyclic) bond motifs is 1. The molecular formula is C21H22N4O3. The molecule has 0 atom stereocenters. The first kappa shape index (κ1) is 18.0. The zero-order valence-corrected chi connectivity index (χ0v) is 16.1. The Bertz CT molecular complexity index is 1050. The van der Waals surface area contributed by atoms with Crippen molar-refractivity contribution in [2.24, 2.45) is 0 Å². The molecule has 0 radical (unpaired) electrons. The van der Waals surface area contributed by atoms with Crippen molar-refractivity contribution in [3.05, 3.63) is 60.2 Å². The van der Waals surface area contributed by atoms with Gasteiger partial charge in [-0.2, -0.15) is 0 Å². The number of imidazole rings is 1. The van der Waals surface area contributed by atoms with Gasteiger partial charge in [0, 0.05) is 23.0 Å². The first-order valence-corrected chi connectivity index (χ1v) is 9.18. The highest BCUT2D eigenvalue weighted by Crippen LogP contribution is 2.26. The van der Waals surface area contributed by atoms with Crippen molar-refractivity contribution < 1.29 is 14.3 Å². The van der Waals surface area contributed by atoms with Crippen LogP contribution in [-0.4, -0.2) is 34.5 Å². The summed E-state index contributed by atoms with van der Waals surface area (Å²) >= 11 is 0. The van der Waals surface area contributed by atoms with E-state index in [0.717, 1.165) is 17.0 Å². The molecule has 1 N–H and O–H groups in total. The minimum Gasteiger partial charge on any atom is -0.447 e. The van der Waals surface area contributed by atoms with E-state index in [0.29, 0.717) is 24.5 Å². The molecule has 3 heterocycles. The van der Waals surface area contributed by atoms with E-state index >= 15 is 0 Å². The summed E-state index contributed by atoms with van der Waals surface area (Å²) in [5.41, 5.74) is 2.33. The van der Waals surface area contributed by atoms with E-state index in [4.69, 9.17) is 4.74 Å². The van der Waals surface area contributed by atoms with Gasteiger partial charge in [-0.15, -0.1) is 0 Å². The van der Waals surface area contributed by atoms with Crippen LogP contribution in [0.25, 0.3) is 5.52 Å². The van der Waals surface area contributed by atoms with Crippen LogP contribution in [-0.2, 0) is 10.2 Å². The first-order valence-electron chi connectivity index (χ1n) is 9.18. The van der Waals surface area contributed by atoms with E-state index < -0.39 is 0 Å². The van der Waals surface area contributed by atoms with Gasteiger partial charge in [-0.25, -0.2) is 9.78 Å². The number of carbonyl (C=O) groups is 2. The van der Waals surface area contributed by atoms with E-state index in [1.165, 1.54) is 0 Å². The van der Waals surface area contributed by atoms with Crippen LogP contribution in [0.4, 0.5) is 16.2 Å². The molecule has 0 unspecified atom stereocenters. The van der Waals surface area contributed by atoms with Crippen LogP contribution in [0.2, 0.25) is 0 Å². The average molecular weight is 378 g/mol. The average Bonchev–Trinajstić information content (AvgIpc) is 3.26. The monoisotopic (exact) mass is 378 g/mol. The Morgan fingerprint density at radius 2 is 1.89 bits per heavy atom. The molecule has 4 rings (SSSR count). The molecule has 28 heavy (non-hydrogen) atoms. The van der Waals surface area contributed by atoms with Crippen molar-refractivity contribution in [3.8, 4) is 0 Å². The number of hydrogen-bond acceptors (Lipinski definition) is 4. The standard InChI is InChI=1S/C21H22N4O3/c1-21(2,3)19-23-17(16-6-4-5-11-25(16)19)18(26)22-14-7-9-15(10-8-14)24-12-13-28-20(24)27/h4-11H,12-13H2,1-3H3,(H,22,26). The van der Waals surface area contributed by atoms with Gasteiger partial charge in [0.05, 0.1) is 12.1 Å². The van der Waals surface area contributed by atoms with Crippen molar-refractivity contribution in [1.29, 1.82) is 0 Å². The Hall–Kier alpha value is -3.35. The van der Waals surface area contributed by atoms with Crippen LogP contribution >= 0.6 is 0 Å². The number of carbonyl (C=O) groups excluding carboxylic acids is 2. The lowest BCUT2D eigenvalue weighted by Crippen LogP contribution is -2.23. The second kappa shape index (κ2) is 6.67. The summed E-state index contributed by atoms with van der Waals surface area (Å²) in [6.45, 7) is 7.12. The van der Waals surface area contributed by atoms with E-state index in [1.54, 1.807) is 29.2 Å². The Morgan fingerprint density at radius 3 is 2.54 bits per heavy atom. The molecule has 2 amide bonds. The molecule has 0 spiro atoms. The number of amides is 2. The van der Waals surface area contributed by atoms with Crippen molar-refractivity contribution in [2.45, 2.75) is 26.2 Å². The molecule has 144 valence electrons. The summed E-state index contributed by atoms with van der Waals surface area (Å²) in [6, 6.07) is 12.8. The number of nitrogens with one attached hydrogen (secondary N) is 1. The lowest BCUT2D eigenvalue weighted by atomic mass is 9.96. The maximum atomic E-state index is 12.9. The van der Waals surface area contributed by atoms with Crippen molar-refractivity contribution in [2.75, 3.05) is 23.4 Å². The second-order valence-corrected chi connectivity index (χ2v) is 7.76. The van der Waals surface area contributed by atoms with Crippen LogP contribution in [0.5, 0.6) is 0 Å². The quantitative estimate of drug-likeness (QED) is 0.751. The van der Waals surface area contributed by atoms with Crippen LogP contribution in [0.3, 0.4) is 0 Å². The molecule has 2 aromatic heterocycles. The van der Waals surface area contributed by atoms with Gasteiger partial charge in [0.15, 0.2) is 5.69 Å². The SMILES string of the molecule is CC(C)(C)c1nc(C(=O)Nc2ccc(N3CCOC3=O)cc2)c2ccccn12. The van der Waals surface area contributed by atoms with Gasteiger partial charge >= 0.3 is 6.09 Å². The van der Waals surface area contributed by atoms with Gasteiger partial charge in [0.2, 0.25) is 0 Å². The zero-order chi connectivity index (χ0) is 19.9. The normalized spacial score (nSPS) is 14.4. The lowest BCUT2D eigenvalue weighted by molar-refractivity contribution is 0.102. The van der Waals surface area contributed by atoms with Crippen LogP contribution < -0.4 is 10.2 Å². The fourth-order valence-electron chi connectivity index (χ4n) is 3.28. The summed E-state index contributed by atoms with van der Waals surface area (Å²) in [5.74, 6) is 0.559. The highest BCUT2D eigenvalue weighted by Gasteiger charge is 2.26. The second-order valence-electron chi connectivity index (χ2n) is 7.76. The van der Waals surface area contributed by atoms with Gasteiger partial charge in [-0.1, -0.05) is 26.8 Å². The Kier molecular flexibility index (Phi) is 4.30. The molecule has 1 aliphatic rings. The minimum atomic E-state index is -0.351. The van der Waals surface area contributed by atoms with E-state index in [2.05, 4.69) is 31.1 Å². The number of benzene rings is 1. The summed E-state index contributed by atoms with van der Waals surface area (Å²) in [7, 11) is 0. The summed E-state index contributed by atoms with van der Waals surface area (Å²) in [5, 5.41) is 2.89. The van der Waals surface area contributed by atoms with E-state index in [1.807, 2.05) is 28.8 Å². The van der Waals surface area contributed by atoms with Crippen molar-refractivity contribution >= 4 is 28.9 Å². The third kappa shape index (κ3) is 3.19. The highest BCUT2D eigenvalue weighted by molar-refractivity contribution is 6.07. The summed E-state index contributed by atoms with van der Waals surface area (Å²) < 4.78 is 6.91. The number of hydrogen-bond donors (Lipinski definition) is 1. The van der Waals surface area contributed by atoms with Gasteiger partial charge in [-0.05, 0) is 36.4 Å². The summed E-state index contributed by atoms with van der Waals surface area (Å²) in [4.78, 5) is 30.7. The fraction of sp³-hybridized carbons (Fsp3) is 0.286. The van der Waals surface area contributed by atoms with E-state index in [9.17, 15) is 9.59 Å². The predicted octanol–water partition coefficient (Wildman–Crippen LogP) is 3.84. The molecule has 7 nitrogen and oxygen atoms in total. The predicted molar refractivity (Wildman–Crippen MR) is 107 cm³/mol. The lowest BCUT2D eigenvalue weighted by Gasteiger charge is -2.16. The van der Waals surface area contributed by atoms with Crippen molar-refractivity contribution in [1.82, 2.24) is 9.38 Å². The molecule has 0 bridgehead atoms. The van der Waals surface area contributed by atoms with Crippen LogP contribution in [0, 0.1) is 0 Å². The highest BCUT2D eigenvalue weighted by atomic mass is 16.6. The molecule has 1 saturated heterocycles. The third-order valence-electron chi connectivity index (χ3n) is 4.63. The Morgan fingerprint density at radius 1 is 1.14 bits per heavy atom. The number of pyridine rings is 1. The minimum absolute atomic E-state index is 0.200. The maximum Gasteiger partial charge on any atom is 0.414 e. The number of rotatable bonds is 3. The number of anilines is 2. The molecule has 1 aromatic carbocycles. The Labute approximate surface area is 162 Å². The number of ether oxygens (including phenoxy) is 1. The zero-order valence-electron chi connectivity index (χ0n) is 16.1. The van der Waals surface area contributed by atoms with Crippen LogP contribution in [0.15, 0.2) is 48.7 Å². The molecule has 3 aromatic rings. The topological polar surface area (TPSA) is 75.9 Å². The van der Waals surface area contributed by atoms with Gasteiger partial charge in [0.25, 0.3) is 5.91 Å². The van der Waals surface area contributed by atoms with Gasteiger partial charge in [0.1, 0.15) is 12.4 Å². The third-order valence-corrected chi connectivity index (χ3v) is 4.63. The number of cyclic esters (lactones) is 1. The molecule has 1 aliphatic heterocycles. The molecule has 0 aliphatic carbocycles. The first-order chi connectivity index (χ1) is 13.3. The van der Waals surface area contributed by atoms with Gasteiger partial charge in [-0.3, -0.25) is 9.69 Å². The summed E-state index contributed by atoms with van der Waals surface area (Å²) in [6.07, 6.45) is 1.57. The molecule has 1 fully saturated rings. The maximum absolute atomic E-state index is 12.9. The fourth-order valence-corrected chi connectivity index (χ4v) is 3.28. The van der Waals surface area contributed by atoms with Crippen molar-refractivity contribution in [3.63, 3.8) is 0 Å². The number of aromatic nitrogens is 2. The van der Waals surface area contributed by atoms with E-state index in [-0.39, 0.29) is 17.4 Å². The molecular weight excluding hydrogens is 356 g/mol. The smallest absolute Gasteiger partial charge is 0.414 e. The molecule has 0 saturated carbocycles.